The van der Waals surface area contributed by atoms with Crippen LogP contribution >= 0.6 is 11.6 Å². The lowest BCUT2D eigenvalue weighted by Gasteiger charge is -2.37. The Kier molecular flexibility index (Phi) is 3.87. The molecule has 0 aromatic carbocycles. The van der Waals surface area contributed by atoms with Crippen LogP contribution in [-0.2, 0) is 0 Å². The van der Waals surface area contributed by atoms with Crippen molar-refractivity contribution in [2.75, 3.05) is 11.9 Å². The molecule has 2 rings (SSSR count). The number of rotatable bonds is 2. The van der Waals surface area contributed by atoms with E-state index in [0.717, 1.165) is 17.6 Å². The molecule has 1 aromatic heterocycles. The summed E-state index contributed by atoms with van der Waals surface area (Å²) in [5, 5.41) is 0.530. The smallest absolute Gasteiger partial charge is 0.134 e. The van der Waals surface area contributed by atoms with Crippen LogP contribution in [0.4, 0.5) is 5.82 Å². The van der Waals surface area contributed by atoms with Gasteiger partial charge in [0, 0.05) is 19.2 Å². The third kappa shape index (κ3) is 2.89. The number of anilines is 1. The second kappa shape index (κ2) is 5.21. The van der Waals surface area contributed by atoms with Crippen LogP contribution in [0.15, 0.2) is 6.07 Å². The van der Waals surface area contributed by atoms with Crippen LogP contribution in [0.3, 0.4) is 0 Å². The Morgan fingerprint density at radius 1 is 1.29 bits per heavy atom. The monoisotopic (exact) mass is 253 g/mol. The van der Waals surface area contributed by atoms with Crippen molar-refractivity contribution in [1.82, 2.24) is 9.97 Å². The fraction of sp³-hybridized carbons (Fsp3) is 0.692. The molecule has 0 amide bonds. The molecular weight excluding hydrogens is 234 g/mol. The van der Waals surface area contributed by atoms with Crippen LogP contribution in [-0.4, -0.2) is 23.1 Å². The Labute approximate surface area is 108 Å². The van der Waals surface area contributed by atoms with Gasteiger partial charge in [0.1, 0.15) is 16.8 Å². The van der Waals surface area contributed by atoms with Gasteiger partial charge in [-0.2, -0.15) is 0 Å². The number of halogens is 1. The highest BCUT2D eigenvalue weighted by Gasteiger charge is 2.26. The van der Waals surface area contributed by atoms with E-state index >= 15 is 0 Å². The fourth-order valence-electron chi connectivity index (χ4n) is 2.74. The molecule has 0 radical (unpaired) electrons. The van der Waals surface area contributed by atoms with Gasteiger partial charge in [-0.25, -0.2) is 9.97 Å². The molecule has 1 heterocycles. The van der Waals surface area contributed by atoms with Gasteiger partial charge in [-0.05, 0) is 25.7 Å². The van der Waals surface area contributed by atoms with Crippen LogP contribution in [0.1, 0.15) is 38.4 Å². The highest BCUT2D eigenvalue weighted by molar-refractivity contribution is 6.29. The van der Waals surface area contributed by atoms with Crippen LogP contribution < -0.4 is 4.90 Å². The van der Waals surface area contributed by atoms with E-state index in [-0.39, 0.29) is 0 Å². The molecular formula is C13H20ClN3. The predicted octanol–water partition coefficient (Wildman–Crippen LogP) is 3.45. The maximum Gasteiger partial charge on any atom is 0.134 e. The van der Waals surface area contributed by atoms with Crippen LogP contribution in [0.5, 0.6) is 0 Å². The van der Waals surface area contributed by atoms with Gasteiger partial charge in [0.25, 0.3) is 0 Å². The van der Waals surface area contributed by atoms with Crippen LogP contribution in [0.2, 0.25) is 5.15 Å². The molecule has 3 nitrogen and oxygen atoms in total. The van der Waals surface area contributed by atoms with Crippen LogP contribution in [0.25, 0.3) is 0 Å². The van der Waals surface area contributed by atoms with Gasteiger partial charge < -0.3 is 4.90 Å². The molecule has 0 spiro atoms. The van der Waals surface area contributed by atoms with E-state index in [4.69, 9.17) is 11.6 Å². The van der Waals surface area contributed by atoms with Gasteiger partial charge in [0.15, 0.2) is 0 Å². The minimum atomic E-state index is 0.530. The number of aromatic nitrogens is 2. The van der Waals surface area contributed by atoms with E-state index in [1.807, 2.05) is 13.0 Å². The van der Waals surface area contributed by atoms with Gasteiger partial charge in [-0.3, -0.25) is 0 Å². The Bertz CT molecular complexity index is 374. The average molecular weight is 254 g/mol. The first-order valence-corrected chi connectivity index (χ1v) is 6.69. The van der Waals surface area contributed by atoms with E-state index in [1.165, 1.54) is 25.7 Å². The summed E-state index contributed by atoms with van der Waals surface area (Å²) in [6, 6.07) is 2.43. The van der Waals surface area contributed by atoms with Gasteiger partial charge in [0.2, 0.25) is 0 Å². The zero-order chi connectivity index (χ0) is 12.4. The minimum Gasteiger partial charge on any atom is -0.356 e. The third-order valence-corrected chi connectivity index (χ3v) is 3.91. The number of nitrogens with zero attached hydrogens (tertiary/aromatic N) is 3. The lowest BCUT2D eigenvalue weighted by Crippen LogP contribution is -2.39. The number of hydrogen-bond acceptors (Lipinski definition) is 3. The Morgan fingerprint density at radius 3 is 2.65 bits per heavy atom. The summed E-state index contributed by atoms with van der Waals surface area (Å²) in [7, 11) is 2.12. The average Bonchev–Trinajstić information content (AvgIpc) is 2.27. The second-order valence-corrected chi connectivity index (χ2v) is 5.42. The van der Waals surface area contributed by atoms with E-state index in [0.29, 0.717) is 11.2 Å². The Balaban J connectivity index is 2.20. The molecule has 0 saturated heterocycles. The standard InChI is InChI=1S/C13H20ClN3/c1-9-6-4-5-7-11(9)17(3)13-8-12(14)15-10(2)16-13/h8-9,11H,4-7H2,1-3H3. The first kappa shape index (κ1) is 12.6. The molecule has 2 unspecified atom stereocenters. The summed E-state index contributed by atoms with van der Waals surface area (Å²) in [5.41, 5.74) is 0. The lowest BCUT2D eigenvalue weighted by molar-refractivity contribution is 0.320. The fourth-order valence-corrected chi connectivity index (χ4v) is 2.96. The normalized spacial score (nSPS) is 24.7. The van der Waals surface area contributed by atoms with Crippen molar-refractivity contribution in [3.8, 4) is 0 Å². The van der Waals surface area contributed by atoms with Crippen molar-refractivity contribution in [1.29, 1.82) is 0 Å². The number of aryl methyl sites for hydroxylation is 1. The molecule has 1 aliphatic rings. The minimum absolute atomic E-state index is 0.530. The third-order valence-electron chi connectivity index (χ3n) is 3.72. The van der Waals surface area contributed by atoms with Crippen molar-refractivity contribution in [2.45, 2.75) is 45.6 Å². The maximum absolute atomic E-state index is 5.99. The highest BCUT2D eigenvalue weighted by Crippen LogP contribution is 2.30. The molecule has 17 heavy (non-hydrogen) atoms. The maximum atomic E-state index is 5.99. The van der Waals surface area contributed by atoms with Crippen molar-refractivity contribution in [2.24, 2.45) is 5.92 Å². The van der Waals surface area contributed by atoms with Crippen molar-refractivity contribution < 1.29 is 0 Å². The molecule has 0 aliphatic heterocycles. The van der Waals surface area contributed by atoms with E-state index < -0.39 is 0 Å². The van der Waals surface area contributed by atoms with Crippen molar-refractivity contribution >= 4 is 17.4 Å². The van der Waals surface area contributed by atoms with Crippen molar-refractivity contribution in [3.63, 3.8) is 0 Å². The summed E-state index contributed by atoms with van der Waals surface area (Å²) in [6.45, 7) is 4.21. The van der Waals surface area contributed by atoms with Crippen LogP contribution in [0, 0.1) is 12.8 Å². The molecule has 2 atom stereocenters. The van der Waals surface area contributed by atoms with Crippen molar-refractivity contribution in [3.05, 3.63) is 17.0 Å². The second-order valence-electron chi connectivity index (χ2n) is 5.04. The largest absolute Gasteiger partial charge is 0.356 e. The molecule has 0 N–H and O–H groups in total. The molecule has 1 saturated carbocycles. The SMILES string of the molecule is Cc1nc(Cl)cc(N(C)C2CCCCC2C)n1. The first-order chi connectivity index (χ1) is 8.08. The van der Waals surface area contributed by atoms with E-state index in [9.17, 15) is 0 Å². The lowest BCUT2D eigenvalue weighted by atomic mass is 9.85. The first-order valence-electron chi connectivity index (χ1n) is 6.32. The Hall–Kier alpha value is -0.830. The van der Waals surface area contributed by atoms with Gasteiger partial charge >= 0.3 is 0 Å². The van der Waals surface area contributed by atoms with Gasteiger partial charge in [-0.15, -0.1) is 0 Å². The quantitative estimate of drug-likeness (QED) is 0.756. The van der Waals surface area contributed by atoms with Gasteiger partial charge in [-0.1, -0.05) is 31.4 Å². The molecule has 4 heteroatoms. The molecule has 1 aromatic rings. The highest BCUT2D eigenvalue weighted by atomic mass is 35.5. The summed E-state index contributed by atoms with van der Waals surface area (Å²) in [6.07, 6.45) is 5.23. The zero-order valence-corrected chi connectivity index (χ0v) is 11.5. The molecule has 1 aliphatic carbocycles. The molecule has 94 valence electrons. The zero-order valence-electron chi connectivity index (χ0n) is 10.8. The summed E-state index contributed by atoms with van der Waals surface area (Å²) < 4.78 is 0. The molecule has 0 bridgehead atoms. The summed E-state index contributed by atoms with van der Waals surface area (Å²) in [4.78, 5) is 10.9. The van der Waals surface area contributed by atoms with E-state index in [2.05, 4.69) is 28.8 Å². The topological polar surface area (TPSA) is 29.0 Å². The Morgan fingerprint density at radius 2 is 2.00 bits per heavy atom. The summed E-state index contributed by atoms with van der Waals surface area (Å²) in [5.74, 6) is 2.41. The van der Waals surface area contributed by atoms with E-state index in [1.54, 1.807) is 0 Å². The molecule has 1 fully saturated rings. The summed E-state index contributed by atoms with van der Waals surface area (Å²) >= 11 is 5.99. The predicted molar refractivity (Wildman–Crippen MR) is 71.6 cm³/mol. The number of hydrogen-bond donors (Lipinski definition) is 0. The van der Waals surface area contributed by atoms with Gasteiger partial charge in [0.05, 0.1) is 0 Å².